The Morgan fingerprint density at radius 3 is 0.818 bits per heavy atom. The third kappa shape index (κ3) is 11.5. The van der Waals surface area contributed by atoms with E-state index in [9.17, 15) is 0 Å². The maximum Gasteiger partial charge on any atom is 0.212 e. The lowest BCUT2D eigenvalue weighted by atomic mass is 10.1. The lowest BCUT2D eigenvalue weighted by Crippen LogP contribution is -2.02. The van der Waals surface area contributed by atoms with Crippen molar-refractivity contribution < 1.29 is 22.1 Å². The number of aromatic nitrogens is 5. The molecular weight excluding hydrogens is 1350 g/mol. The molecule has 0 aliphatic carbocycles. The van der Waals surface area contributed by atoms with Crippen molar-refractivity contribution in [1.82, 2.24) is 22.8 Å². The summed E-state index contributed by atoms with van der Waals surface area (Å²) in [4.78, 5) is 0. The fourth-order valence-electron chi connectivity index (χ4n) is 17.2. The highest BCUT2D eigenvalue weighted by molar-refractivity contribution is 6.12. The van der Waals surface area contributed by atoms with Gasteiger partial charge in [0.2, 0.25) is 5.71 Å². The fourth-order valence-corrected chi connectivity index (χ4v) is 17.2. The van der Waals surface area contributed by atoms with Crippen LogP contribution in [0.2, 0.25) is 0 Å². The molecule has 20 rings (SSSR count). The minimum Gasteiger partial charge on any atom is -0.459 e. The first kappa shape index (κ1) is 71.8. The van der Waals surface area contributed by atoms with E-state index in [0.717, 1.165) is 56.5 Å². The summed E-state index contributed by atoms with van der Waals surface area (Å²) in [6.45, 7) is 42.9. The van der Waals surface area contributed by atoms with Gasteiger partial charge in [-0.1, -0.05) is 158 Å². The molecule has 0 aliphatic heterocycles. The van der Waals surface area contributed by atoms with Crippen LogP contribution in [-0.2, 0) is 0 Å². The second-order valence-corrected chi connectivity index (χ2v) is 30.3. The van der Waals surface area contributed by atoms with Crippen molar-refractivity contribution in [2.75, 3.05) is 0 Å². The maximum atomic E-state index is 6.14. The van der Waals surface area contributed by atoms with Crippen LogP contribution in [0.5, 0.6) is 0 Å². The number of hydrogen-bond donors (Lipinski definition) is 0. The van der Waals surface area contributed by atoms with E-state index in [1.165, 1.54) is 194 Å². The molecule has 20 aromatic rings. The number of hydrogen-bond acceptors (Lipinski definition) is 5. The Balaban J connectivity index is 0.000000104. The van der Waals surface area contributed by atoms with Crippen molar-refractivity contribution in [3.8, 4) is 28.4 Å². The van der Waals surface area contributed by atoms with E-state index >= 15 is 0 Å². The first-order valence-electron chi connectivity index (χ1n) is 38.3. The van der Waals surface area contributed by atoms with Crippen molar-refractivity contribution >= 4 is 110 Å². The summed E-state index contributed by atoms with van der Waals surface area (Å²) in [6, 6.07) is 74.3. The Hall–Kier alpha value is -12.4. The molecule has 10 aromatic heterocycles. The van der Waals surface area contributed by atoms with Crippen molar-refractivity contribution in [2.45, 2.75) is 138 Å². The number of furan rings is 5. The molecule has 0 amide bonds. The van der Waals surface area contributed by atoms with Gasteiger partial charge in [0.25, 0.3) is 0 Å². The third-order valence-corrected chi connectivity index (χ3v) is 23.3. The molecule has 550 valence electrons. The van der Waals surface area contributed by atoms with Crippen LogP contribution in [0.4, 0.5) is 0 Å². The van der Waals surface area contributed by atoms with Crippen LogP contribution < -0.4 is 0 Å². The summed E-state index contributed by atoms with van der Waals surface area (Å²) in [7, 11) is 0. The van der Waals surface area contributed by atoms with Gasteiger partial charge in [0.1, 0.15) is 39.5 Å². The van der Waals surface area contributed by atoms with E-state index in [0.29, 0.717) is 0 Å². The molecule has 110 heavy (non-hydrogen) atoms. The zero-order chi connectivity index (χ0) is 77.2. The quantitative estimate of drug-likeness (QED) is 0.171. The molecule has 0 atom stereocenters. The molecule has 10 heteroatoms. The maximum absolute atomic E-state index is 6.14. The largest absolute Gasteiger partial charge is 0.459 e. The molecule has 10 heterocycles. The number of nitrogens with zero attached hydrogens (tertiary/aromatic N) is 5. The first-order chi connectivity index (χ1) is 53.0. The standard InChI is InChI=1S/5C20H19NO/c1-12-8-7-9-13(2)19(12)21-17-11-6-5-10-16(17)18-14(3)15(4)22-20(18)21;2*1-12-8-7-9-13(2)18(12)21-15(4)14(3)20-19(21)16-10-5-6-11-17(16)22-20;2*1-12-8-7-9-13(2)18(12)21-17-11-6-5-10-16(17)20-19(21)14(3)15(4)22-20/h5*5-11H,1-4H3. The van der Waals surface area contributed by atoms with Gasteiger partial charge >= 0.3 is 0 Å². The smallest absolute Gasteiger partial charge is 0.212 e. The van der Waals surface area contributed by atoms with Crippen LogP contribution in [-0.4, -0.2) is 22.8 Å². The van der Waals surface area contributed by atoms with Gasteiger partial charge in [0.15, 0.2) is 22.3 Å². The number of fused-ring (bicyclic) bond motifs is 15. The van der Waals surface area contributed by atoms with Gasteiger partial charge in [0.05, 0.1) is 61.4 Å². The second kappa shape index (κ2) is 28.0. The van der Waals surface area contributed by atoms with Crippen molar-refractivity contribution in [1.29, 1.82) is 0 Å². The summed E-state index contributed by atoms with van der Waals surface area (Å²) in [5.74, 6) is 2.99. The molecule has 0 N–H and O–H groups in total. The summed E-state index contributed by atoms with van der Waals surface area (Å²) in [5, 5.41) is 7.20. The summed E-state index contributed by atoms with van der Waals surface area (Å²) < 4.78 is 42.3. The SMILES string of the molecule is Cc1cccc(C)c1-n1c(C)c(C)c2oc3ccccc3c21.Cc1cccc(C)c1-n1c(C)c(C)c2oc3ccccc3c21.Cc1cccc(C)c1-n1c2ccccc2c2c(C)c(C)oc21.Cc1cccc(C)c1-n1c2ccccc2c2oc(C)c(C)c21.Cc1cccc(C)c1-n1c2ccccc2c2oc(C)c(C)c21. The molecule has 0 saturated carbocycles. The predicted molar refractivity (Wildman–Crippen MR) is 460 cm³/mol. The summed E-state index contributed by atoms with van der Waals surface area (Å²) in [6.07, 6.45) is 0. The summed E-state index contributed by atoms with van der Waals surface area (Å²) in [5.41, 5.74) is 42.9. The van der Waals surface area contributed by atoms with Gasteiger partial charge in [-0.15, -0.1) is 0 Å². The lowest BCUT2D eigenvalue weighted by molar-refractivity contribution is 0.558. The fraction of sp³-hybridized carbons (Fsp3) is 0.200. The zero-order valence-electron chi connectivity index (χ0n) is 67.0. The Kier molecular flexibility index (Phi) is 18.3. The molecule has 0 spiro atoms. The highest BCUT2D eigenvalue weighted by Crippen LogP contribution is 2.44. The zero-order valence-corrected chi connectivity index (χ0v) is 67.0. The average molecular weight is 1450 g/mol. The average Bonchev–Trinajstić information content (AvgIpc) is 1.58. The van der Waals surface area contributed by atoms with Crippen LogP contribution in [0.1, 0.15) is 112 Å². The number of para-hydroxylation sites is 10. The van der Waals surface area contributed by atoms with Crippen molar-refractivity contribution in [3.05, 3.63) is 324 Å². The molecule has 0 unspecified atom stereocenters. The van der Waals surface area contributed by atoms with Crippen molar-refractivity contribution in [3.63, 3.8) is 0 Å². The minimum atomic E-state index is 0.952. The Labute approximate surface area is 642 Å². The molecule has 0 radical (unpaired) electrons. The van der Waals surface area contributed by atoms with E-state index in [1.807, 2.05) is 45.0 Å². The normalized spacial score (nSPS) is 11.6. The first-order valence-corrected chi connectivity index (χ1v) is 38.3. The van der Waals surface area contributed by atoms with E-state index in [1.54, 1.807) is 0 Å². The van der Waals surface area contributed by atoms with Gasteiger partial charge in [-0.25, -0.2) is 0 Å². The monoisotopic (exact) mass is 1450 g/mol. The topological polar surface area (TPSA) is 90.4 Å². The van der Waals surface area contributed by atoms with Gasteiger partial charge in [-0.3, -0.25) is 4.57 Å². The highest BCUT2D eigenvalue weighted by Gasteiger charge is 2.27. The molecule has 10 nitrogen and oxygen atoms in total. The Bertz CT molecular complexity index is 6580. The van der Waals surface area contributed by atoms with Crippen LogP contribution in [0.25, 0.3) is 139 Å². The Morgan fingerprint density at radius 1 is 0.200 bits per heavy atom. The lowest BCUT2D eigenvalue weighted by Gasteiger charge is -2.14. The molecular formula is C100H95N5O5. The number of rotatable bonds is 5. The molecule has 0 saturated heterocycles. The Morgan fingerprint density at radius 2 is 0.473 bits per heavy atom. The summed E-state index contributed by atoms with van der Waals surface area (Å²) >= 11 is 0. The molecule has 0 aliphatic rings. The van der Waals surface area contributed by atoms with Crippen LogP contribution in [0.3, 0.4) is 0 Å². The van der Waals surface area contributed by atoms with E-state index < -0.39 is 0 Å². The predicted octanol–water partition coefficient (Wildman–Crippen LogP) is 28.1. The van der Waals surface area contributed by atoms with Gasteiger partial charge in [-0.2, -0.15) is 0 Å². The van der Waals surface area contributed by atoms with Gasteiger partial charge in [0, 0.05) is 66.1 Å². The third-order valence-electron chi connectivity index (χ3n) is 23.3. The minimum absolute atomic E-state index is 0.952. The van der Waals surface area contributed by atoms with Crippen LogP contribution in [0, 0.1) is 138 Å². The molecule has 10 aromatic carbocycles. The number of aryl methyl sites for hydroxylation is 18. The molecule has 0 fully saturated rings. The van der Waals surface area contributed by atoms with E-state index in [-0.39, 0.29) is 0 Å². The van der Waals surface area contributed by atoms with Crippen molar-refractivity contribution in [2.24, 2.45) is 0 Å². The van der Waals surface area contributed by atoms with Crippen LogP contribution >= 0.6 is 0 Å². The van der Waals surface area contributed by atoms with Gasteiger partial charge < -0.3 is 40.4 Å². The molecule has 0 bridgehead atoms. The van der Waals surface area contributed by atoms with Crippen LogP contribution in [0.15, 0.2) is 234 Å². The van der Waals surface area contributed by atoms with E-state index in [2.05, 4.69) is 329 Å². The van der Waals surface area contributed by atoms with Gasteiger partial charge in [-0.05, 0) is 249 Å². The number of benzene rings is 10. The highest BCUT2D eigenvalue weighted by atomic mass is 16.4. The second-order valence-electron chi connectivity index (χ2n) is 30.3. The van der Waals surface area contributed by atoms with E-state index in [4.69, 9.17) is 22.1 Å².